The maximum absolute atomic E-state index is 13.1. The Kier molecular flexibility index (Phi) is 5.20. The number of methoxy groups -OCH3 is 1. The molecule has 2 heterocycles. The van der Waals surface area contributed by atoms with Crippen molar-refractivity contribution in [1.82, 2.24) is 4.90 Å². The van der Waals surface area contributed by atoms with E-state index in [1.807, 2.05) is 0 Å². The number of nitrogens with zero attached hydrogens (tertiary/aromatic N) is 1. The summed E-state index contributed by atoms with van der Waals surface area (Å²) in [6, 6.07) is 7.40. The van der Waals surface area contributed by atoms with Gasteiger partial charge in [-0.2, -0.15) is 0 Å². The molecule has 1 amide bonds. The van der Waals surface area contributed by atoms with Crippen LogP contribution in [0, 0.1) is 0 Å². The van der Waals surface area contributed by atoms with Crippen molar-refractivity contribution >= 4 is 27.7 Å². The Hall–Kier alpha value is -2.46. The van der Waals surface area contributed by atoms with E-state index in [4.69, 9.17) is 14.2 Å². The Bertz CT molecular complexity index is 899. The van der Waals surface area contributed by atoms with E-state index in [1.54, 1.807) is 30.3 Å². The summed E-state index contributed by atoms with van der Waals surface area (Å²) in [5, 5.41) is -1.32. The van der Waals surface area contributed by atoms with Crippen molar-refractivity contribution in [2.24, 2.45) is 0 Å². The van der Waals surface area contributed by atoms with Crippen LogP contribution in [0.2, 0.25) is 0 Å². The fraction of sp³-hybridized carbons (Fsp3) is 0.500. The van der Waals surface area contributed by atoms with Crippen molar-refractivity contribution in [3.8, 4) is 0 Å². The van der Waals surface area contributed by atoms with Crippen molar-refractivity contribution in [3.63, 3.8) is 0 Å². The minimum Gasteiger partial charge on any atom is -0.464 e. The van der Waals surface area contributed by atoms with Crippen molar-refractivity contribution in [2.45, 2.75) is 42.7 Å². The summed E-state index contributed by atoms with van der Waals surface area (Å²) >= 11 is 0. The number of hydrogen-bond donors (Lipinski definition) is 0. The molecule has 28 heavy (non-hydrogen) atoms. The molecule has 0 N–H and O–H groups in total. The molecule has 0 saturated carbocycles. The summed E-state index contributed by atoms with van der Waals surface area (Å²) in [4.78, 5) is 37.5. The predicted octanol–water partition coefficient (Wildman–Crippen LogP) is 0.0319. The highest BCUT2D eigenvalue weighted by atomic mass is 32.2. The summed E-state index contributed by atoms with van der Waals surface area (Å²) in [7, 11) is -2.87. The molecule has 0 spiro atoms. The number of fused-ring (bicyclic) bond motifs is 1. The molecule has 0 bridgehead atoms. The van der Waals surface area contributed by atoms with E-state index in [2.05, 4.69) is 0 Å². The summed E-state index contributed by atoms with van der Waals surface area (Å²) in [5.41, 5.74) is 0.708. The van der Waals surface area contributed by atoms with Gasteiger partial charge < -0.3 is 19.1 Å². The number of hydrogen-bond acceptors (Lipinski definition) is 8. The number of sulfone groups is 1. The Morgan fingerprint density at radius 2 is 1.82 bits per heavy atom. The minimum atomic E-state index is -4.09. The Morgan fingerprint density at radius 3 is 2.39 bits per heavy atom. The van der Waals surface area contributed by atoms with Crippen molar-refractivity contribution < 1.29 is 37.0 Å². The summed E-state index contributed by atoms with van der Waals surface area (Å²) in [6.07, 6.45) is -1.20. The molecule has 0 unspecified atom stereocenters. The summed E-state index contributed by atoms with van der Waals surface area (Å²) in [6.45, 7) is 1.75. The van der Waals surface area contributed by atoms with Gasteiger partial charge >= 0.3 is 11.9 Å². The summed E-state index contributed by atoms with van der Waals surface area (Å²) in [5.74, 6) is -2.20. The first-order valence-corrected chi connectivity index (χ1v) is 10.1. The lowest BCUT2D eigenvalue weighted by Crippen LogP contribution is -2.67. The molecule has 9 nitrogen and oxygen atoms in total. The molecule has 0 aromatic heterocycles. The van der Waals surface area contributed by atoms with Gasteiger partial charge in [-0.3, -0.25) is 9.59 Å². The number of esters is 2. The summed E-state index contributed by atoms with van der Waals surface area (Å²) < 4.78 is 39.6. The number of ether oxygens (including phenoxy) is 3. The van der Waals surface area contributed by atoms with Crippen LogP contribution in [0.1, 0.15) is 19.4 Å². The molecule has 2 aliphatic rings. The number of rotatable bonds is 6. The number of carbonyl (C=O) groups is 3. The second-order valence-electron chi connectivity index (χ2n) is 6.93. The lowest BCUT2D eigenvalue weighted by molar-refractivity contribution is -0.176. The zero-order valence-electron chi connectivity index (χ0n) is 15.7. The van der Waals surface area contributed by atoms with E-state index < -0.39 is 56.6 Å². The van der Waals surface area contributed by atoms with Gasteiger partial charge in [0.2, 0.25) is 0 Å². The molecule has 152 valence electrons. The van der Waals surface area contributed by atoms with Gasteiger partial charge in [-0.15, -0.1) is 0 Å². The third-order valence-electron chi connectivity index (χ3n) is 5.12. The maximum Gasteiger partial charge on any atom is 0.331 e. The lowest BCUT2D eigenvalue weighted by Gasteiger charge is -2.41. The Labute approximate surface area is 162 Å². The normalized spacial score (nSPS) is 30.3. The molecule has 0 aliphatic carbocycles. The SMILES string of the molecule is CO[C@H]1C(=O)N2[C@@H](C(=O)OCc3ccccc3)[C@@](C)(COC(C)=O)S(=O)(=O)[C@@H]12. The molecular weight excluding hydrogens is 390 g/mol. The molecule has 2 fully saturated rings. The van der Waals surface area contributed by atoms with Crippen LogP contribution in [0.3, 0.4) is 0 Å². The van der Waals surface area contributed by atoms with Gasteiger partial charge in [0.25, 0.3) is 5.91 Å². The number of benzene rings is 1. The van der Waals surface area contributed by atoms with Gasteiger partial charge in [-0.1, -0.05) is 30.3 Å². The lowest BCUT2D eigenvalue weighted by atomic mass is 9.96. The highest BCUT2D eigenvalue weighted by Gasteiger charge is 2.74. The van der Waals surface area contributed by atoms with Crippen molar-refractivity contribution in [2.75, 3.05) is 13.7 Å². The first kappa shape index (κ1) is 20.3. The second-order valence-corrected chi connectivity index (χ2v) is 9.43. The predicted molar refractivity (Wildman–Crippen MR) is 95.4 cm³/mol. The van der Waals surface area contributed by atoms with Crippen LogP contribution in [0.15, 0.2) is 30.3 Å². The molecule has 1 aromatic carbocycles. The van der Waals surface area contributed by atoms with E-state index >= 15 is 0 Å². The monoisotopic (exact) mass is 411 g/mol. The van der Waals surface area contributed by atoms with Gasteiger partial charge in [0.1, 0.15) is 18.0 Å². The van der Waals surface area contributed by atoms with Gasteiger partial charge in [0.05, 0.1) is 0 Å². The van der Waals surface area contributed by atoms with Gasteiger partial charge in [0.15, 0.2) is 27.4 Å². The highest BCUT2D eigenvalue weighted by molar-refractivity contribution is 7.94. The van der Waals surface area contributed by atoms with Crippen LogP contribution in [-0.4, -0.2) is 67.1 Å². The third kappa shape index (κ3) is 2.96. The van der Waals surface area contributed by atoms with Crippen molar-refractivity contribution in [1.29, 1.82) is 0 Å². The van der Waals surface area contributed by atoms with Crippen LogP contribution in [0.4, 0.5) is 0 Å². The molecule has 4 atom stereocenters. The smallest absolute Gasteiger partial charge is 0.331 e. The third-order valence-corrected chi connectivity index (χ3v) is 7.87. The van der Waals surface area contributed by atoms with Gasteiger partial charge in [-0.25, -0.2) is 13.2 Å². The minimum absolute atomic E-state index is 0.0831. The topological polar surface area (TPSA) is 116 Å². The van der Waals surface area contributed by atoms with Crippen LogP contribution in [-0.2, 0) is 45.0 Å². The van der Waals surface area contributed by atoms with Crippen molar-refractivity contribution in [3.05, 3.63) is 35.9 Å². The van der Waals surface area contributed by atoms with Crippen LogP contribution >= 0.6 is 0 Å². The fourth-order valence-corrected chi connectivity index (χ4v) is 5.94. The molecule has 10 heteroatoms. The van der Waals surface area contributed by atoms with Crippen LogP contribution < -0.4 is 0 Å². The number of amides is 1. The van der Waals surface area contributed by atoms with E-state index in [9.17, 15) is 22.8 Å². The Balaban J connectivity index is 1.92. The first-order chi connectivity index (χ1) is 13.1. The Morgan fingerprint density at radius 1 is 1.18 bits per heavy atom. The molecule has 3 rings (SSSR count). The number of carbonyl (C=O) groups excluding carboxylic acids is 3. The van der Waals surface area contributed by atoms with Gasteiger partial charge in [-0.05, 0) is 12.5 Å². The van der Waals surface area contributed by atoms with E-state index in [0.717, 1.165) is 11.8 Å². The molecule has 1 aromatic rings. The van der Waals surface area contributed by atoms with E-state index in [1.165, 1.54) is 14.0 Å². The van der Waals surface area contributed by atoms with E-state index in [-0.39, 0.29) is 6.61 Å². The fourth-order valence-electron chi connectivity index (χ4n) is 3.56. The number of β-lactam (4-membered cyclic amide) rings is 1. The standard InChI is InChI=1S/C18H21NO8S/c1-11(20)27-10-18(2)14(17(22)26-9-12-7-5-4-6-8-12)19-15(21)13(25-3)16(19)28(18,23)24/h4-8,13-14,16H,9-10H2,1-3H3/t13-,14-,16-,18+/m0/s1. The largest absolute Gasteiger partial charge is 0.464 e. The molecule has 2 saturated heterocycles. The van der Waals surface area contributed by atoms with Crippen LogP contribution in [0.25, 0.3) is 0 Å². The molecule has 2 aliphatic heterocycles. The second kappa shape index (κ2) is 7.17. The van der Waals surface area contributed by atoms with E-state index in [0.29, 0.717) is 5.56 Å². The maximum atomic E-state index is 13.1. The molecular formula is C18H21NO8S. The zero-order chi connectivity index (χ0) is 20.7. The highest BCUT2D eigenvalue weighted by Crippen LogP contribution is 2.47. The molecule has 0 radical (unpaired) electrons. The quantitative estimate of drug-likeness (QED) is 0.476. The average Bonchev–Trinajstić information content (AvgIpc) is 2.81. The van der Waals surface area contributed by atoms with Gasteiger partial charge in [0, 0.05) is 14.0 Å². The van der Waals surface area contributed by atoms with Crippen LogP contribution in [0.5, 0.6) is 0 Å². The zero-order valence-corrected chi connectivity index (χ0v) is 16.5. The first-order valence-electron chi connectivity index (χ1n) is 8.57. The average molecular weight is 411 g/mol.